The Morgan fingerprint density at radius 1 is 1.07 bits per heavy atom. The molecule has 3 fully saturated rings. The predicted octanol–water partition coefficient (Wildman–Crippen LogP) is 7.09. The second-order valence-corrected chi connectivity index (χ2v) is 15.3. The average molecular weight is 623 g/mol. The number of ketones is 1. The third kappa shape index (κ3) is 7.85. The second kappa shape index (κ2) is 14.7. The summed E-state index contributed by atoms with van der Waals surface area (Å²) in [6, 6.07) is 6.13. The Bertz CT molecular complexity index is 1220. The lowest BCUT2D eigenvalue weighted by molar-refractivity contribution is -0.0808. The largest absolute Gasteiger partial charge is 0.393 e. The van der Waals surface area contributed by atoms with Gasteiger partial charge < -0.3 is 25.2 Å². The van der Waals surface area contributed by atoms with E-state index in [1.54, 1.807) is 4.90 Å². The first-order valence-electron chi connectivity index (χ1n) is 17.9. The van der Waals surface area contributed by atoms with Crippen LogP contribution in [0, 0.1) is 11.3 Å². The first kappa shape index (κ1) is 34.1. The summed E-state index contributed by atoms with van der Waals surface area (Å²) in [5, 5.41) is 26.8. The number of aliphatic hydroxyl groups excluding tert-OH is 1. The van der Waals surface area contributed by atoms with E-state index in [2.05, 4.69) is 43.4 Å². The van der Waals surface area contributed by atoms with Gasteiger partial charge in [0.1, 0.15) is 0 Å². The van der Waals surface area contributed by atoms with Gasteiger partial charge in [0.15, 0.2) is 5.78 Å². The van der Waals surface area contributed by atoms with Gasteiger partial charge in [-0.05, 0) is 115 Å². The Hall–Kier alpha value is -2.22. The van der Waals surface area contributed by atoms with Crippen LogP contribution in [0.15, 0.2) is 29.8 Å². The summed E-state index contributed by atoms with van der Waals surface area (Å²) in [6.45, 7) is 9.67. The van der Waals surface area contributed by atoms with Crippen molar-refractivity contribution in [1.82, 2.24) is 10.2 Å². The standard InChI is InChI=1S/C38H58N2O5/c1-26(2)39-36(43)40(24-31-13-9-21-45-31)25-38(44)20-18-34-32-17-15-28(23-33(32)35(42)29-11-6-5-7-12-29)22-30(41)16-14-27(3)10-8-19-37(34,38)4/h10,15,17,23,26,29-31,34,41,44H,5-9,11-14,16,18-22,24-25H2,1-4H3,(H,39,43)/t30-,31+,34-,37-,38+/m0/s1. The summed E-state index contributed by atoms with van der Waals surface area (Å²) in [5.74, 6) is 0.242. The van der Waals surface area contributed by atoms with Crippen LogP contribution in [0.1, 0.15) is 139 Å². The molecule has 0 radical (unpaired) electrons. The highest BCUT2D eigenvalue weighted by molar-refractivity contribution is 5.99. The van der Waals surface area contributed by atoms with Crippen LogP contribution in [0.2, 0.25) is 0 Å². The van der Waals surface area contributed by atoms with Crippen molar-refractivity contribution in [2.45, 2.75) is 147 Å². The van der Waals surface area contributed by atoms with Gasteiger partial charge in [-0.25, -0.2) is 4.79 Å². The Morgan fingerprint density at radius 3 is 2.56 bits per heavy atom. The lowest BCUT2D eigenvalue weighted by Gasteiger charge is -2.46. The van der Waals surface area contributed by atoms with Crippen molar-refractivity contribution in [3.8, 4) is 0 Å². The molecular weight excluding hydrogens is 564 g/mol. The number of carbonyl (C=O) groups is 2. The third-order valence-corrected chi connectivity index (χ3v) is 11.5. The second-order valence-electron chi connectivity index (χ2n) is 15.3. The van der Waals surface area contributed by atoms with Gasteiger partial charge in [-0.2, -0.15) is 0 Å². The van der Waals surface area contributed by atoms with E-state index >= 15 is 0 Å². The smallest absolute Gasteiger partial charge is 0.317 e. The molecule has 7 heteroatoms. The van der Waals surface area contributed by atoms with E-state index < -0.39 is 17.1 Å². The van der Waals surface area contributed by atoms with Gasteiger partial charge in [0.2, 0.25) is 0 Å². The van der Waals surface area contributed by atoms with E-state index in [0.29, 0.717) is 32.4 Å². The first-order valence-corrected chi connectivity index (χ1v) is 17.9. The highest BCUT2D eigenvalue weighted by Gasteiger charge is 2.58. The number of Topliss-reactive ketones (excluding diaryl/α,β-unsaturated/α-hetero) is 1. The lowest BCUT2D eigenvalue weighted by atomic mass is 9.64. The average Bonchev–Trinajstić information content (AvgIpc) is 3.61. The van der Waals surface area contributed by atoms with Crippen molar-refractivity contribution in [2.24, 2.45) is 11.3 Å². The summed E-state index contributed by atoms with van der Waals surface area (Å²) >= 11 is 0. The molecule has 2 saturated carbocycles. The number of rotatable bonds is 7. The summed E-state index contributed by atoms with van der Waals surface area (Å²) in [5.41, 5.74) is 2.40. The Labute approximate surface area is 271 Å². The zero-order chi connectivity index (χ0) is 32.2. The molecule has 2 bridgehead atoms. The van der Waals surface area contributed by atoms with Crippen molar-refractivity contribution in [3.05, 3.63) is 46.5 Å². The molecule has 1 heterocycles. The monoisotopic (exact) mass is 622 g/mol. The van der Waals surface area contributed by atoms with Crippen LogP contribution in [0.5, 0.6) is 0 Å². The van der Waals surface area contributed by atoms with Crippen LogP contribution in [0.4, 0.5) is 4.79 Å². The maximum absolute atomic E-state index is 14.3. The maximum atomic E-state index is 14.3. The van der Waals surface area contributed by atoms with Crippen molar-refractivity contribution in [3.63, 3.8) is 0 Å². The molecule has 0 unspecified atom stereocenters. The van der Waals surface area contributed by atoms with Gasteiger partial charge in [-0.15, -0.1) is 0 Å². The predicted molar refractivity (Wildman–Crippen MR) is 179 cm³/mol. The van der Waals surface area contributed by atoms with E-state index in [0.717, 1.165) is 80.9 Å². The van der Waals surface area contributed by atoms with Crippen molar-refractivity contribution in [2.75, 3.05) is 19.7 Å². The van der Waals surface area contributed by atoms with Crippen LogP contribution < -0.4 is 5.32 Å². The number of fused-ring (bicyclic) bond motifs is 8. The van der Waals surface area contributed by atoms with Gasteiger partial charge in [-0.1, -0.05) is 50.0 Å². The number of urea groups is 1. The number of ether oxygens (including phenoxy) is 1. The van der Waals surface area contributed by atoms with Crippen LogP contribution in [-0.4, -0.2) is 70.5 Å². The third-order valence-electron chi connectivity index (χ3n) is 11.5. The molecule has 1 aliphatic heterocycles. The number of hydrogen-bond donors (Lipinski definition) is 3. The van der Waals surface area contributed by atoms with Gasteiger partial charge in [-0.3, -0.25) is 4.79 Å². The summed E-state index contributed by atoms with van der Waals surface area (Å²) < 4.78 is 5.95. The number of carbonyl (C=O) groups excluding carboxylic acids is 2. The minimum absolute atomic E-state index is 0.0149. The highest BCUT2D eigenvalue weighted by atomic mass is 16.5. The normalized spacial score (nSPS) is 31.4. The molecule has 2 amide bonds. The zero-order valence-electron chi connectivity index (χ0n) is 28.3. The molecule has 7 nitrogen and oxygen atoms in total. The molecule has 0 spiro atoms. The molecule has 6 rings (SSSR count). The quantitative estimate of drug-likeness (QED) is 0.223. The topological polar surface area (TPSA) is 99.1 Å². The molecule has 3 N–H and O–H groups in total. The molecule has 45 heavy (non-hydrogen) atoms. The fraction of sp³-hybridized carbons (Fsp3) is 0.737. The number of nitrogens with one attached hydrogen (secondary N) is 1. The highest BCUT2D eigenvalue weighted by Crippen LogP contribution is 2.59. The van der Waals surface area contributed by atoms with E-state index in [1.165, 1.54) is 12.0 Å². The van der Waals surface area contributed by atoms with Crippen molar-refractivity contribution in [1.29, 1.82) is 0 Å². The molecule has 250 valence electrons. The molecule has 1 saturated heterocycles. The van der Waals surface area contributed by atoms with E-state index in [1.807, 2.05) is 13.8 Å². The number of allylic oxidation sites excluding steroid dienone is 2. The van der Waals surface area contributed by atoms with Crippen LogP contribution in [0.3, 0.4) is 0 Å². The molecule has 4 aliphatic carbocycles. The molecule has 0 aromatic heterocycles. The van der Waals surface area contributed by atoms with Gasteiger partial charge in [0.25, 0.3) is 0 Å². The number of hydrogen-bond acceptors (Lipinski definition) is 5. The summed E-state index contributed by atoms with van der Waals surface area (Å²) in [6.07, 6.45) is 13.8. The Balaban J connectivity index is 1.54. The van der Waals surface area contributed by atoms with Gasteiger partial charge in [0, 0.05) is 36.1 Å². The molecule has 1 aromatic carbocycles. The van der Waals surface area contributed by atoms with E-state index in [4.69, 9.17) is 4.74 Å². The van der Waals surface area contributed by atoms with Crippen LogP contribution >= 0.6 is 0 Å². The first-order chi connectivity index (χ1) is 21.5. The Morgan fingerprint density at radius 2 is 1.84 bits per heavy atom. The van der Waals surface area contributed by atoms with Gasteiger partial charge in [0.05, 0.1) is 24.4 Å². The molecule has 1 aromatic rings. The molecule has 5 atom stereocenters. The number of nitrogens with zero attached hydrogens (tertiary/aromatic N) is 1. The summed E-state index contributed by atoms with van der Waals surface area (Å²) in [7, 11) is 0. The fourth-order valence-electron chi connectivity index (χ4n) is 8.71. The minimum Gasteiger partial charge on any atom is -0.393 e. The molecular formula is C38H58N2O5. The molecule has 5 aliphatic rings. The van der Waals surface area contributed by atoms with Crippen LogP contribution in [-0.2, 0) is 11.2 Å². The SMILES string of the molecule is CC1=CCC[C@@]2(C)[C@@H](CC[C@@]2(O)CN(C[C@H]2CCCO2)C(=O)NC(C)C)c2ccc(cc2C(=O)C2CCCCC2)C[C@@H](O)CC1. The number of amides is 2. The number of benzene rings is 1. The fourth-order valence-corrected chi connectivity index (χ4v) is 8.71. The van der Waals surface area contributed by atoms with Crippen LogP contribution in [0.25, 0.3) is 0 Å². The number of aliphatic hydroxyl groups is 2. The minimum atomic E-state index is -1.14. The van der Waals surface area contributed by atoms with E-state index in [-0.39, 0.29) is 42.3 Å². The van der Waals surface area contributed by atoms with E-state index in [9.17, 15) is 19.8 Å². The van der Waals surface area contributed by atoms with Gasteiger partial charge >= 0.3 is 6.03 Å². The summed E-state index contributed by atoms with van der Waals surface area (Å²) in [4.78, 5) is 29.7. The lowest BCUT2D eigenvalue weighted by Crippen LogP contribution is -2.57. The maximum Gasteiger partial charge on any atom is 0.317 e. The Kier molecular flexibility index (Phi) is 11.1. The van der Waals surface area contributed by atoms with Crippen molar-refractivity contribution >= 4 is 11.8 Å². The zero-order valence-corrected chi connectivity index (χ0v) is 28.3. The van der Waals surface area contributed by atoms with Crippen molar-refractivity contribution < 1.29 is 24.5 Å².